The summed E-state index contributed by atoms with van der Waals surface area (Å²) in [7, 11) is 2.05. The lowest BCUT2D eigenvalue weighted by atomic mass is 10.0. The number of halogens is 2. The normalized spacial score (nSPS) is 11.8. The van der Waals surface area contributed by atoms with Crippen molar-refractivity contribution in [3.05, 3.63) is 29.8 Å². The van der Waals surface area contributed by atoms with Crippen molar-refractivity contribution < 1.29 is 0 Å². The van der Waals surface area contributed by atoms with Gasteiger partial charge in [-0.1, -0.05) is 19.1 Å². The molecule has 1 aromatic rings. The minimum absolute atomic E-state index is 0. The Kier molecular flexibility index (Phi) is 8.40. The van der Waals surface area contributed by atoms with E-state index in [2.05, 4.69) is 43.1 Å². The summed E-state index contributed by atoms with van der Waals surface area (Å²) >= 11 is 5.71. The summed E-state index contributed by atoms with van der Waals surface area (Å²) in [6.07, 6.45) is 1.98. The van der Waals surface area contributed by atoms with Gasteiger partial charge >= 0.3 is 0 Å². The first kappa shape index (κ1) is 16.6. The molecule has 4 heteroatoms. The van der Waals surface area contributed by atoms with Gasteiger partial charge in [-0.05, 0) is 30.5 Å². The van der Waals surface area contributed by atoms with Crippen LogP contribution in [0, 0.1) is 0 Å². The van der Waals surface area contributed by atoms with E-state index in [0.717, 1.165) is 19.4 Å². The van der Waals surface area contributed by atoms with Crippen LogP contribution in [0.1, 0.15) is 18.9 Å². The number of hydrogen-bond acceptors (Lipinski definition) is 2. The van der Waals surface area contributed by atoms with E-state index in [1.165, 1.54) is 11.3 Å². The maximum absolute atomic E-state index is 5.92. The van der Waals surface area contributed by atoms with Crippen LogP contribution in [-0.2, 0) is 6.42 Å². The molecular formula is C13H22Cl2N2. The van der Waals surface area contributed by atoms with Gasteiger partial charge in [-0.15, -0.1) is 24.0 Å². The third kappa shape index (κ3) is 5.62. The molecule has 0 heterocycles. The molecule has 0 spiro atoms. The van der Waals surface area contributed by atoms with Crippen LogP contribution in [-0.4, -0.2) is 25.5 Å². The van der Waals surface area contributed by atoms with Crippen molar-refractivity contribution in [2.75, 3.05) is 24.4 Å². The molecule has 0 saturated carbocycles. The van der Waals surface area contributed by atoms with Gasteiger partial charge in [0.1, 0.15) is 0 Å². The Morgan fingerprint density at radius 3 is 2.35 bits per heavy atom. The van der Waals surface area contributed by atoms with Gasteiger partial charge in [0.25, 0.3) is 0 Å². The molecule has 2 nitrogen and oxygen atoms in total. The molecule has 2 N–H and O–H groups in total. The van der Waals surface area contributed by atoms with Gasteiger partial charge in [0.05, 0.1) is 0 Å². The smallest absolute Gasteiger partial charge is 0.0399 e. The number of nitrogens with two attached hydrogens (primary N) is 1. The van der Waals surface area contributed by atoms with Crippen molar-refractivity contribution in [1.82, 2.24) is 0 Å². The fourth-order valence-corrected chi connectivity index (χ4v) is 1.84. The average Bonchev–Trinajstić information content (AvgIpc) is 2.30. The fraction of sp³-hybridized carbons (Fsp3) is 0.538. The lowest BCUT2D eigenvalue weighted by molar-refractivity contribution is 0.646. The van der Waals surface area contributed by atoms with E-state index < -0.39 is 0 Å². The highest BCUT2D eigenvalue weighted by Crippen LogP contribution is 2.14. The summed E-state index contributed by atoms with van der Waals surface area (Å²) in [4.78, 5) is 2.15. The van der Waals surface area contributed by atoms with Gasteiger partial charge in [0, 0.05) is 31.2 Å². The third-order valence-electron chi connectivity index (χ3n) is 2.82. The van der Waals surface area contributed by atoms with Gasteiger partial charge in [-0.2, -0.15) is 0 Å². The van der Waals surface area contributed by atoms with Crippen LogP contribution in [0.4, 0.5) is 5.69 Å². The lowest BCUT2D eigenvalue weighted by Gasteiger charge is -2.18. The quantitative estimate of drug-likeness (QED) is 0.810. The molecular weight excluding hydrogens is 255 g/mol. The first-order chi connectivity index (χ1) is 7.67. The van der Waals surface area contributed by atoms with Crippen LogP contribution in [0.3, 0.4) is 0 Å². The van der Waals surface area contributed by atoms with Gasteiger partial charge in [0.2, 0.25) is 0 Å². The van der Waals surface area contributed by atoms with Crippen LogP contribution >= 0.6 is 24.0 Å². The van der Waals surface area contributed by atoms with Crippen molar-refractivity contribution in [1.29, 1.82) is 0 Å². The zero-order valence-electron chi connectivity index (χ0n) is 10.5. The van der Waals surface area contributed by atoms with Crippen molar-refractivity contribution in [3.8, 4) is 0 Å². The first-order valence-electron chi connectivity index (χ1n) is 5.79. The predicted molar refractivity (Wildman–Crippen MR) is 79.7 cm³/mol. The van der Waals surface area contributed by atoms with Crippen molar-refractivity contribution in [2.24, 2.45) is 5.73 Å². The highest BCUT2D eigenvalue weighted by atomic mass is 35.5. The predicted octanol–water partition coefficient (Wildman–Crippen LogP) is 3.06. The summed E-state index contributed by atoms with van der Waals surface area (Å²) in [6.45, 7) is 2.99. The number of hydrogen-bond donors (Lipinski definition) is 1. The van der Waals surface area contributed by atoms with Crippen LogP contribution in [0.15, 0.2) is 24.3 Å². The Morgan fingerprint density at radius 1 is 1.29 bits per heavy atom. The number of rotatable bonds is 6. The van der Waals surface area contributed by atoms with E-state index in [4.69, 9.17) is 17.3 Å². The average molecular weight is 277 g/mol. The molecule has 0 aromatic heterocycles. The first-order valence-corrected chi connectivity index (χ1v) is 6.32. The second kappa shape index (κ2) is 8.62. The number of anilines is 1. The fourth-order valence-electron chi connectivity index (χ4n) is 1.59. The molecule has 17 heavy (non-hydrogen) atoms. The molecule has 0 aliphatic rings. The van der Waals surface area contributed by atoms with Gasteiger partial charge in [-0.25, -0.2) is 0 Å². The Labute approximate surface area is 116 Å². The molecule has 98 valence electrons. The van der Waals surface area contributed by atoms with E-state index in [0.29, 0.717) is 5.88 Å². The number of benzene rings is 1. The molecule has 0 radical (unpaired) electrons. The van der Waals surface area contributed by atoms with E-state index in [-0.39, 0.29) is 18.4 Å². The molecule has 1 rings (SSSR count). The summed E-state index contributed by atoms with van der Waals surface area (Å²) < 4.78 is 0. The molecule has 0 aliphatic heterocycles. The van der Waals surface area contributed by atoms with Crippen molar-refractivity contribution in [2.45, 2.75) is 25.8 Å². The van der Waals surface area contributed by atoms with E-state index in [1.807, 2.05) is 0 Å². The minimum Gasteiger partial charge on any atom is -0.373 e. The molecule has 1 aromatic carbocycles. The summed E-state index contributed by atoms with van der Waals surface area (Å²) in [5, 5.41) is 0. The van der Waals surface area contributed by atoms with Gasteiger partial charge in [-0.3, -0.25) is 0 Å². The molecule has 1 unspecified atom stereocenters. The van der Waals surface area contributed by atoms with E-state index in [1.54, 1.807) is 0 Å². The maximum Gasteiger partial charge on any atom is 0.0399 e. The van der Waals surface area contributed by atoms with Gasteiger partial charge in [0.15, 0.2) is 0 Å². The Hall–Kier alpha value is -0.440. The van der Waals surface area contributed by atoms with Crippen LogP contribution in [0.2, 0.25) is 0 Å². The summed E-state index contributed by atoms with van der Waals surface area (Å²) in [5.74, 6) is 0.652. The van der Waals surface area contributed by atoms with Crippen molar-refractivity contribution in [3.63, 3.8) is 0 Å². The lowest BCUT2D eigenvalue weighted by Crippen LogP contribution is -2.22. The molecule has 0 bridgehead atoms. The molecule has 0 amide bonds. The molecule has 0 saturated heterocycles. The standard InChI is InChI=1S/C13H21ClN2.ClH/c1-3-12(15)10-11-4-6-13(7-5-11)16(2)9-8-14;/h4-7,12H,3,8-10,15H2,1-2H3;1H. The van der Waals surface area contributed by atoms with Crippen LogP contribution < -0.4 is 10.6 Å². The van der Waals surface area contributed by atoms with Crippen molar-refractivity contribution >= 4 is 29.7 Å². The SMILES string of the molecule is CCC(N)Cc1ccc(N(C)CCCl)cc1.Cl. The van der Waals surface area contributed by atoms with Gasteiger partial charge < -0.3 is 10.6 Å². The minimum atomic E-state index is 0. The molecule has 0 fully saturated rings. The summed E-state index contributed by atoms with van der Waals surface area (Å²) in [6, 6.07) is 8.83. The Balaban J connectivity index is 0.00000256. The zero-order chi connectivity index (χ0) is 12.0. The number of nitrogens with zero attached hydrogens (tertiary/aromatic N) is 1. The topological polar surface area (TPSA) is 29.3 Å². The number of alkyl halides is 1. The maximum atomic E-state index is 5.92. The van der Waals surface area contributed by atoms with Crippen LogP contribution in [0.5, 0.6) is 0 Å². The second-order valence-corrected chi connectivity index (χ2v) is 4.53. The largest absolute Gasteiger partial charge is 0.373 e. The third-order valence-corrected chi connectivity index (χ3v) is 2.99. The Morgan fingerprint density at radius 2 is 1.88 bits per heavy atom. The monoisotopic (exact) mass is 276 g/mol. The van der Waals surface area contributed by atoms with Crippen LogP contribution in [0.25, 0.3) is 0 Å². The Bertz CT molecular complexity index is 301. The molecule has 0 aliphatic carbocycles. The molecule has 1 atom stereocenters. The summed E-state index contributed by atoms with van der Waals surface area (Å²) in [5.41, 5.74) is 8.43. The second-order valence-electron chi connectivity index (χ2n) is 4.15. The van der Waals surface area contributed by atoms with E-state index in [9.17, 15) is 0 Å². The zero-order valence-corrected chi connectivity index (χ0v) is 12.1. The van der Waals surface area contributed by atoms with E-state index >= 15 is 0 Å². The highest BCUT2D eigenvalue weighted by molar-refractivity contribution is 6.18. The highest BCUT2D eigenvalue weighted by Gasteiger charge is 2.03.